The van der Waals surface area contributed by atoms with Gasteiger partial charge in [0.1, 0.15) is 0 Å². The van der Waals surface area contributed by atoms with Gasteiger partial charge >= 0.3 is 0 Å². The number of aromatic nitrogens is 2. The molecule has 168 valence electrons. The molecule has 3 heterocycles. The molecule has 1 saturated heterocycles. The van der Waals surface area contributed by atoms with Crippen LogP contribution in [-0.2, 0) is 10.0 Å². The van der Waals surface area contributed by atoms with Gasteiger partial charge in [-0.05, 0) is 53.6 Å². The van der Waals surface area contributed by atoms with Crippen LogP contribution in [0.5, 0.6) is 0 Å². The molecule has 0 atom stereocenters. The van der Waals surface area contributed by atoms with Gasteiger partial charge in [0.15, 0.2) is 0 Å². The fourth-order valence-corrected chi connectivity index (χ4v) is 5.71. The average molecular weight is 481 g/mol. The molecular weight excluding hydrogens is 460 g/mol. The number of nitrogens with zero attached hydrogens (tertiary/aromatic N) is 3. The van der Waals surface area contributed by atoms with E-state index in [0.717, 1.165) is 16.5 Å². The van der Waals surface area contributed by atoms with Crippen molar-refractivity contribution in [1.29, 1.82) is 0 Å². The van der Waals surface area contributed by atoms with Crippen molar-refractivity contribution in [2.45, 2.75) is 4.90 Å². The number of pyridine rings is 1. The van der Waals surface area contributed by atoms with Crippen LogP contribution in [0.4, 0.5) is 0 Å². The third-order valence-electron chi connectivity index (χ3n) is 5.91. The number of carbonyl (C=O) groups is 1. The van der Waals surface area contributed by atoms with E-state index in [1.807, 2.05) is 24.3 Å². The van der Waals surface area contributed by atoms with E-state index < -0.39 is 10.0 Å². The Balaban J connectivity index is 1.26. The number of benzene rings is 2. The van der Waals surface area contributed by atoms with Crippen LogP contribution in [0.25, 0.3) is 22.0 Å². The number of piperazine rings is 1. The molecular formula is C24H21ClN4O3S. The first kappa shape index (κ1) is 21.6. The van der Waals surface area contributed by atoms with Crippen LogP contribution in [0.15, 0.2) is 78.1 Å². The largest absolute Gasteiger partial charge is 0.360 e. The molecule has 2 aromatic carbocycles. The second kappa shape index (κ2) is 8.62. The standard InChI is InChI=1S/C24H21ClN4O3S/c25-22-16-27-23-15-20(5-6-21(22)23)33(31,32)29-13-11-28(12-14-29)24(30)19-3-1-17(2-4-19)18-7-9-26-10-8-18/h1-10,15-16,27H,11-14H2. The number of fused-ring (bicyclic) bond motifs is 1. The summed E-state index contributed by atoms with van der Waals surface area (Å²) in [6.07, 6.45) is 5.09. The third-order valence-corrected chi connectivity index (χ3v) is 8.12. The summed E-state index contributed by atoms with van der Waals surface area (Å²) < 4.78 is 27.7. The Hall–Kier alpha value is -3.20. The molecule has 0 aliphatic carbocycles. The van der Waals surface area contributed by atoms with Crippen molar-refractivity contribution >= 4 is 38.4 Å². The summed E-state index contributed by atoms with van der Waals surface area (Å²) in [5, 5.41) is 1.33. The zero-order valence-corrected chi connectivity index (χ0v) is 19.2. The van der Waals surface area contributed by atoms with Crippen molar-refractivity contribution in [3.8, 4) is 11.1 Å². The highest BCUT2D eigenvalue weighted by atomic mass is 35.5. The molecule has 1 fully saturated rings. The molecule has 0 saturated carbocycles. The van der Waals surface area contributed by atoms with Gasteiger partial charge in [0, 0.05) is 61.2 Å². The molecule has 5 rings (SSSR count). The smallest absolute Gasteiger partial charge is 0.253 e. The van der Waals surface area contributed by atoms with E-state index in [4.69, 9.17) is 11.6 Å². The van der Waals surface area contributed by atoms with E-state index >= 15 is 0 Å². The average Bonchev–Trinajstić information content (AvgIpc) is 3.24. The van der Waals surface area contributed by atoms with Gasteiger partial charge in [-0.3, -0.25) is 9.78 Å². The Labute approximate surface area is 196 Å². The Morgan fingerprint density at radius 3 is 2.27 bits per heavy atom. The predicted octanol–water partition coefficient (Wildman–Crippen LogP) is 4.03. The van der Waals surface area contributed by atoms with Crippen LogP contribution in [0.2, 0.25) is 5.02 Å². The fourth-order valence-electron chi connectivity index (χ4n) is 4.04. The molecule has 0 unspecified atom stereocenters. The minimum atomic E-state index is -3.67. The fraction of sp³-hybridized carbons (Fsp3) is 0.167. The zero-order valence-electron chi connectivity index (χ0n) is 17.6. The maximum Gasteiger partial charge on any atom is 0.253 e. The van der Waals surface area contributed by atoms with Crippen molar-refractivity contribution in [3.05, 3.63) is 83.8 Å². The first-order chi connectivity index (χ1) is 15.9. The molecule has 1 aliphatic rings. The van der Waals surface area contributed by atoms with Gasteiger partial charge < -0.3 is 9.88 Å². The van der Waals surface area contributed by atoms with Crippen LogP contribution in [-0.4, -0.2) is 59.7 Å². The highest BCUT2D eigenvalue weighted by Crippen LogP contribution is 2.27. The van der Waals surface area contributed by atoms with E-state index in [1.54, 1.807) is 53.8 Å². The van der Waals surface area contributed by atoms with Crippen molar-refractivity contribution in [3.63, 3.8) is 0 Å². The quantitative estimate of drug-likeness (QED) is 0.477. The first-order valence-corrected chi connectivity index (χ1v) is 12.3. The minimum Gasteiger partial charge on any atom is -0.360 e. The van der Waals surface area contributed by atoms with Crippen LogP contribution >= 0.6 is 11.6 Å². The second-order valence-electron chi connectivity index (χ2n) is 7.85. The minimum absolute atomic E-state index is 0.101. The van der Waals surface area contributed by atoms with E-state index in [9.17, 15) is 13.2 Å². The summed E-state index contributed by atoms with van der Waals surface area (Å²) in [6, 6.07) is 16.1. The number of carbonyl (C=O) groups excluding carboxylic acids is 1. The number of hydrogen-bond donors (Lipinski definition) is 1. The zero-order chi connectivity index (χ0) is 23.0. The topological polar surface area (TPSA) is 86.4 Å². The molecule has 2 aromatic heterocycles. The number of nitrogens with one attached hydrogen (secondary N) is 1. The summed E-state index contributed by atoms with van der Waals surface area (Å²) in [4.78, 5) is 21.9. The van der Waals surface area contributed by atoms with Crippen LogP contribution in [0, 0.1) is 0 Å². The number of halogens is 1. The van der Waals surface area contributed by atoms with Gasteiger partial charge in [0.25, 0.3) is 5.91 Å². The van der Waals surface area contributed by atoms with Gasteiger partial charge in [0.2, 0.25) is 10.0 Å². The van der Waals surface area contributed by atoms with Gasteiger partial charge in [-0.25, -0.2) is 8.42 Å². The Morgan fingerprint density at radius 2 is 1.58 bits per heavy atom. The van der Waals surface area contributed by atoms with Crippen LogP contribution < -0.4 is 0 Å². The van der Waals surface area contributed by atoms with Gasteiger partial charge in [-0.15, -0.1) is 0 Å². The molecule has 0 radical (unpaired) electrons. The lowest BCUT2D eigenvalue weighted by Gasteiger charge is -2.34. The van der Waals surface area contributed by atoms with E-state index in [-0.39, 0.29) is 23.9 Å². The highest BCUT2D eigenvalue weighted by Gasteiger charge is 2.30. The second-order valence-corrected chi connectivity index (χ2v) is 10.2. The highest BCUT2D eigenvalue weighted by molar-refractivity contribution is 7.89. The van der Waals surface area contributed by atoms with Gasteiger partial charge in [0.05, 0.1) is 9.92 Å². The normalized spacial score (nSPS) is 15.1. The summed E-state index contributed by atoms with van der Waals surface area (Å²) >= 11 is 6.09. The molecule has 9 heteroatoms. The lowest BCUT2D eigenvalue weighted by molar-refractivity contribution is 0.0698. The summed E-state index contributed by atoms with van der Waals surface area (Å²) in [5.74, 6) is -0.101. The molecule has 0 bridgehead atoms. The number of sulfonamides is 1. The molecule has 1 amide bonds. The molecule has 7 nitrogen and oxygen atoms in total. The number of amides is 1. The maximum absolute atomic E-state index is 13.1. The van der Waals surface area contributed by atoms with Crippen molar-refractivity contribution in [2.24, 2.45) is 0 Å². The number of aromatic amines is 1. The van der Waals surface area contributed by atoms with Crippen molar-refractivity contribution in [2.75, 3.05) is 26.2 Å². The Bertz CT molecular complexity index is 1410. The number of rotatable bonds is 4. The summed E-state index contributed by atoms with van der Waals surface area (Å²) in [6.45, 7) is 1.15. The molecule has 1 N–H and O–H groups in total. The number of H-pyrrole nitrogens is 1. The molecule has 0 spiro atoms. The molecule has 1 aliphatic heterocycles. The Kier molecular flexibility index (Phi) is 5.65. The van der Waals surface area contributed by atoms with Crippen molar-refractivity contribution < 1.29 is 13.2 Å². The lowest BCUT2D eigenvalue weighted by Crippen LogP contribution is -2.50. The molecule has 4 aromatic rings. The Morgan fingerprint density at radius 1 is 0.909 bits per heavy atom. The monoisotopic (exact) mass is 480 g/mol. The lowest BCUT2D eigenvalue weighted by atomic mass is 10.0. The molecule has 33 heavy (non-hydrogen) atoms. The van der Waals surface area contributed by atoms with E-state index in [1.165, 1.54) is 4.31 Å². The van der Waals surface area contributed by atoms with Crippen molar-refractivity contribution in [1.82, 2.24) is 19.2 Å². The first-order valence-electron chi connectivity index (χ1n) is 10.5. The van der Waals surface area contributed by atoms with Gasteiger partial charge in [-0.1, -0.05) is 23.7 Å². The third kappa shape index (κ3) is 4.13. The van der Waals surface area contributed by atoms with E-state index in [2.05, 4.69) is 9.97 Å². The van der Waals surface area contributed by atoms with Crippen LogP contribution in [0.1, 0.15) is 10.4 Å². The summed E-state index contributed by atoms with van der Waals surface area (Å²) in [7, 11) is -3.67. The summed E-state index contributed by atoms with van der Waals surface area (Å²) in [5.41, 5.74) is 3.29. The predicted molar refractivity (Wildman–Crippen MR) is 128 cm³/mol. The maximum atomic E-state index is 13.1. The van der Waals surface area contributed by atoms with Gasteiger partial charge in [-0.2, -0.15) is 4.31 Å². The number of hydrogen-bond acceptors (Lipinski definition) is 4. The SMILES string of the molecule is O=C(c1ccc(-c2ccncc2)cc1)N1CCN(S(=O)(=O)c2ccc3c(Cl)c[nH]c3c2)CC1. The van der Waals surface area contributed by atoms with E-state index in [0.29, 0.717) is 29.2 Å². The van der Waals surface area contributed by atoms with Crippen LogP contribution in [0.3, 0.4) is 0 Å².